The van der Waals surface area contributed by atoms with E-state index in [0.717, 1.165) is 45.3 Å². The molecule has 0 aromatic heterocycles. The molecule has 2 heterocycles. The van der Waals surface area contributed by atoms with Crippen molar-refractivity contribution in [2.24, 2.45) is 0 Å². The summed E-state index contributed by atoms with van der Waals surface area (Å²) in [7, 11) is 0. The predicted octanol–water partition coefficient (Wildman–Crippen LogP) is 2.22. The van der Waals surface area contributed by atoms with Crippen LogP contribution >= 0.6 is 0 Å². The number of benzene rings is 1. The third-order valence-electron chi connectivity index (χ3n) is 4.51. The Balaban J connectivity index is 1.78. The molecule has 20 heavy (non-hydrogen) atoms. The number of carbonyl (C=O) groups is 1. The molecule has 4 heteroatoms. The van der Waals surface area contributed by atoms with Gasteiger partial charge < -0.3 is 5.32 Å². The first kappa shape index (κ1) is 13.7. The number of hydrogen-bond donors (Lipinski definition) is 1. The minimum atomic E-state index is -0.394. The molecule has 3 nitrogen and oxygen atoms in total. The van der Waals surface area contributed by atoms with E-state index in [-0.39, 0.29) is 17.4 Å². The zero-order valence-electron chi connectivity index (χ0n) is 11.6. The van der Waals surface area contributed by atoms with Gasteiger partial charge >= 0.3 is 0 Å². The van der Waals surface area contributed by atoms with Crippen LogP contribution in [0.4, 0.5) is 4.39 Å². The Hall–Kier alpha value is -1.26. The summed E-state index contributed by atoms with van der Waals surface area (Å²) >= 11 is 0. The Labute approximate surface area is 119 Å². The highest BCUT2D eigenvalue weighted by Gasteiger charge is 2.36. The highest BCUT2D eigenvalue weighted by molar-refractivity contribution is 6.00. The van der Waals surface area contributed by atoms with Crippen molar-refractivity contribution in [3.63, 3.8) is 0 Å². The fraction of sp³-hybridized carbons (Fsp3) is 0.562. The van der Waals surface area contributed by atoms with Crippen LogP contribution in [0.2, 0.25) is 0 Å². The first-order valence-corrected chi connectivity index (χ1v) is 7.52. The van der Waals surface area contributed by atoms with Crippen LogP contribution < -0.4 is 5.32 Å². The van der Waals surface area contributed by atoms with Gasteiger partial charge in [0.2, 0.25) is 0 Å². The van der Waals surface area contributed by atoms with Gasteiger partial charge in [-0.2, -0.15) is 0 Å². The number of likely N-dealkylation sites (tertiary alicyclic amines) is 1. The lowest BCUT2D eigenvalue weighted by Crippen LogP contribution is -2.48. The topological polar surface area (TPSA) is 32.3 Å². The van der Waals surface area contributed by atoms with E-state index in [1.165, 1.54) is 6.07 Å². The van der Waals surface area contributed by atoms with E-state index in [2.05, 4.69) is 10.2 Å². The van der Waals surface area contributed by atoms with Crippen molar-refractivity contribution in [2.45, 2.75) is 37.8 Å². The first-order valence-electron chi connectivity index (χ1n) is 7.52. The number of nitrogens with one attached hydrogen (secondary N) is 1. The summed E-state index contributed by atoms with van der Waals surface area (Å²) in [6.45, 7) is 3.00. The van der Waals surface area contributed by atoms with Gasteiger partial charge in [-0.05, 0) is 57.5 Å². The monoisotopic (exact) mass is 276 g/mol. The molecular weight excluding hydrogens is 255 g/mol. The molecule has 0 amide bonds. The number of halogens is 1. The lowest BCUT2D eigenvalue weighted by atomic mass is 9.98. The molecule has 0 radical (unpaired) electrons. The second-order valence-corrected chi connectivity index (χ2v) is 5.72. The maximum atomic E-state index is 13.8. The van der Waals surface area contributed by atoms with E-state index < -0.39 is 5.82 Å². The number of ketones is 1. The van der Waals surface area contributed by atoms with Crippen molar-refractivity contribution >= 4 is 5.78 Å². The van der Waals surface area contributed by atoms with E-state index in [1.54, 1.807) is 18.2 Å². The Kier molecular flexibility index (Phi) is 4.13. The SMILES string of the molecule is O=C(c1ccccc1F)C1CCCN1C1CCNCC1. The summed E-state index contributed by atoms with van der Waals surface area (Å²) in [5, 5.41) is 3.35. The Bertz CT molecular complexity index is 485. The Morgan fingerprint density at radius 2 is 1.95 bits per heavy atom. The van der Waals surface area contributed by atoms with Crippen molar-refractivity contribution in [1.29, 1.82) is 0 Å². The second kappa shape index (κ2) is 6.02. The highest BCUT2D eigenvalue weighted by Crippen LogP contribution is 2.27. The lowest BCUT2D eigenvalue weighted by Gasteiger charge is -2.35. The summed E-state index contributed by atoms with van der Waals surface area (Å²) in [5.41, 5.74) is 0.248. The van der Waals surface area contributed by atoms with Gasteiger partial charge in [0.25, 0.3) is 0 Å². The number of carbonyl (C=O) groups excluding carboxylic acids is 1. The van der Waals surface area contributed by atoms with E-state index in [9.17, 15) is 9.18 Å². The molecule has 2 aliphatic heterocycles. The van der Waals surface area contributed by atoms with Crippen molar-refractivity contribution in [3.05, 3.63) is 35.6 Å². The molecule has 2 fully saturated rings. The second-order valence-electron chi connectivity index (χ2n) is 5.72. The summed E-state index contributed by atoms with van der Waals surface area (Å²) in [6.07, 6.45) is 4.06. The van der Waals surface area contributed by atoms with E-state index in [1.807, 2.05) is 0 Å². The van der Waals surface area contributed by atoms with Crippen molar-refractivity contribution in [1.82, 2.24) is 10.2 Å². The van der Waals surface area contributed by atoms with Gasteiger partial charge in [0.1, 0.15) is 5.82 Å². The standard InChI is InChI=1S/C16H21FN2O/c17-14-5-2-1-4-13(14)16(20)15-6-3-11-19(15)12-7-9-18-10-8-12/h1-2,4-5,12,15,18H,3,6-11H2. The van der Waals surface area contributed by atoms with Crippen LogP contribution in [0.5, 0.6) is 0 Å². The van der Waals surface area contributed by atoms with Crippen LogP contribution in [0.3, 0.4) is 0 Å². The van der Waals surface area contributed by atoms with Gasteiger partial charge in [-0.3, -0.25) is 9.69 Å². The molecule has 1 aromatic rings. The smallest absolute Gasteiger partial charge is 0.182 e. The van der Waals surface area contributed by atoms with Crippen LogP contribution in [0, 0.1) is 5.82 Å². The third-order valence-corrected chi connectivity index (χ3v) is 4.51. The molecule has 2 aliphatic rings. The lowest BCUT2D eigenvalue weighted by molar-refractivity contribution is 0.0779. The average Bonchev–Trinajstić information content (AvgIpc) is 2.97. The normalized spacial score (nSPS) is 24.9. The number of piperidine rings is 1. The van der Waals surface area contributed by atoms with Gasteiger partial charge in [0.05, 0.1) is 11.6 Å². The molecule has 0 bridgehead atoms. The zero-order valence-corrected chi connectivity index (χ0v) is 11.6. The van der Waals surface area contributed by atoms with E-state index in [0.29, 0.717) is 6.04 Å². The van der Waals surface area contributed by atoms with Gasteiger partial charge in [-0.25, -0.2) is 4.39 Å². The van der Waals surface area contributed by atoms with Crippen molar-refractivity contribution < 1.29 is 9.18 Å². The van der Waals surface area contributed by atoms with Gasteiger partial charge in [0, 0.05) is 6.04 Å². The molecule has 0 saturated carbocycles. The Morgan fingerprint density at radius 1 is 1.20 bits per heavy atom. The van der Waals surface area contributed by atoms with Crippen LogP contribution in [-0.4, -0.2) is 42.4 Å². The number of hydrogen-bond acceptors (Lipinski definition) is 3. The summed E-state index contributed by atoms with van der Waals surface area (Å²) in [6, 6.07) is 6.69. The van der Waals surface area contributed by atoms with Gasteiger partial charge in [-0.15, -0.1) is 0 Å². The van der Waals surface area contributed by atoms with Crippen molar-refractivity contribution in [3.8, 4) is 0 Å². The van der Waals surface area contributed by atoms with Crippen LogP contribution in [-0.2, 0) is 0 Å². The highest BCUT2D eigenvalue weighted by atomic mass is 19.1. The third kappa shape index (κ3) is 2.63. The molecular formula is C16H21FN2O. The fourth-order valence-corrected chi connectivity index (χ4v) is 3.49. The van der Waals surface area contributed by atoms with Crippen LogP contribution in [0.1, 0.15) is 36.0 Å². The predicted molar refractivity (Wildman–Crippen MR) is 76.4 cm³/mol. The van der Waals surface area contributed by atoms with Gasteiger partial charge in [0.15, 0.2) is 5.78 Å². The number of Topliss-reactive ketones (excluding diaryl/α,β-unsaturated/α-hetero) is 1. The molecule has 1 aromatic carbocycles. The first-order chi connectivity index (χ1) is 9.77. The van der Waals surface area contributed by atoms with Crippen LogP contribution in [0.25, 0.3) is 0 Å². The molecule has 0 spiro atoms. The van der Waals surface area contributed by atoms with Gasteiger partial charge in [-0.1, -0.05) is 12.1 Å². The van der Waals surface area contributed by atoms with E-state index >= 15 is 0 Å². The number of rotatable bonds is 3. The van der Waals surface area contributed by atoms with Crippen molar-refractivity contribution in [2.75, 3.05) is 19.6 Å². The van der Waals surface area contributed by atoms with Crippen LogP contribution in [0.15, 0.2) is 24.3 Å². The summed E-state index contributed by atoms with van der Waals surface area (Å²) in [5.74, 6) is -0.436. The fourth-order valence-electron chi connectivity index (χ4n) is 3.49. The number of nitrogens with zero attached hydrogens (tertiary/aromatic N) is 1. The minimum Gasteiger partial charge on any atom is -0.317 e. The molecule has 1 unspecified atom stereocenters. The molecule has 1 atom stereocenters. The minimum absolute atomic E-state index is 0.0425. The molecule has 108 valence electrons. The molecule has 1 N–H and O–H groups in total. The zero-order chi connectivity index (χ0) is 13.9. The Morgan fingerprint density at radius 3 is 2.70 bits per heavy atom. The molecule has 3 rings (SSSR count). The molecule has 2 saturated heterocycles. The maximum Gasteiger partial charge on any atom is 0.182 e. The largest absolute Gasteiger partial charge is 0.317 e. The van der Waals surface area contributed by atoms with E-state index in [4.69, 9.17) is 0 Å². The molecule has 0 aliphatic carbocycles. The maximum absolute atomic E-state index is 13.8. The summed E-state index contributed by atoms with van der Waals surface area (Å²) < 4.78 is 13.8. The summed E-state index contributed by atoms with van der Waals surface area (Å²) in [4.78, 5) is 14.9. The quantitative estimate of drug-likeness (QED) is 0.859. The average molecular weight is 276 g/mol.